The number of nitrogens with zero attached hydrogens (tertiary/aromatic N) is 3. The van der Waals surface area contributed by atoms with Crippen LogP contribution in [0.1, 0.15) is 42.0 Å². The van der Waals surface area contributed by atoms with Crippen LogP contribution in [-0.2, 0) is 4.84 Å². The maximum atomic E-state index is 13.2. The summed E-state index contributed by atoms with van der Waals surface area (Å²) in [4.78, 5) is 10.8. The minimum atomic E-state index is -0.223. The van der Waals surface area contributed by atoms with Gasteiger partial charge >= 0.3 is 0 Å². The van der Waals surface area contributed by atoms with Crippen molar-refractivity contribution in [3.63, 3.8) is 0 Å². The summed E-state index contributed by atoms with van der Waals surface area (Å²) in [5.41, 5.74) is 4.59. The fourth-order valence-corrected chi connectivity index (χ4v) is 5.07. The van der Waals surface area contributed by atoms with Gasteiger partial charge in [0.05, 0.1) is 11.8 Å². The lowest BCUT2D eigenvalue weighted by atomic mass is 9.96. The van der Waals surface area contributed by atoms with Crippen molar-refractivity contribution < 1.29 is 9.23 Å². The predicted octanol–water partition coefficient (Wildman–Crippen LogP) is 5.51. The molecular formula is C29H32FN3O. The number of hydrogen-bond donors (Lipinski definition) is 0. The molecule has 2 aliphatic rings. The van der Waals surface area contributed by atoms with Crippen molar-refractivity contribution in [1.29, 1.82) is 0 Å². The molecule has 0 aliphatic carbocycles. The lowest BCUT2D eigenvalue weighted by Gasteiger charge is -2.40. The number of oxime groups is 1. The number of rotatable bonds is 8. The number of hydrogen-bond acceptors (Lipinski definition) is 4. The van der Waals surface area contributed by atoms with Crippen LogP contribution in [0.3, 0.4) is 0 Å². The van der Waals surface area contributed by atoms with Gasteiger partial charge in [-0.15, -0.1) is 0 Å². The molecule has 4 nitrogen and oxygen atoms in total. The van der Waals surface area contributed by atoms with E-state index in [1.807, 2.05) is 0 Å². The number of halogens is 1. The van der Waals surface area contributed by atoms with Crippen LogP contribution < -0.4 is 0 Å². The molecule has 3 aromatic carbocycles. The van der Waals surface area contributed by atoms with E-state index in [2.05, 4.69) is 75.6 Å². The molecule has 3 aromatic rings. The molecule has 5 heteroatoms. The van der Waals surface area contributed by atoms with Crippen LogP contribution in [0.2, 0.25) is 0 Å². The van der Waals surface area contributed by atoms with Gasteiger partial charge < -0.3 is 9.74 Å². The Kier molecular flexibility index (Phi) is 7.32. The molecule has 2 heterocycles. The maximum Gasteiger partial charge on any atom is 0.133 e. The Labute approximate surface area is 201 Å². The molecule has 5 rings (SSSR count). The van der Waals surface area contributed by atoms with E-state index in [0.29, 0.717) is 6.04 Å². The van der Waals surface area contributed by atoms with Gasteiger partial charge in [0.25, 0.3) is 0 Å². The third-order valence-electron chi connectivity index (χ3n) is 6.91. The fourth-order valence-electron chi connectivity index (χ4n) is 5.07. The van der Waals surface area contributed by atoms with Crippen molar-refractivity contribution in [3.05, 3.63) is 107 Å². The fraction of sp³-hybridized carbons (Fsp3) is 0.345. The van der Waals surface area contributed by atoms with E-state index in [1.165, 1.54) is 23.3 Å². The molecule has 0 bridgehead atoms. The van der Waals surface area contributed by atoms with Gasteiger partial charge in [0.15, 0.2) is 0 Å². The highest BCUT2D eigenvalue weighted by Gasteiger charge is 2.27. The second-order valence-corrected chi connectivity index (χ2v) is 9.22. The van der Waals surface area contributed by atoms with E-state index in [4.69, 9.17) is 4.84 Å². The van der Waals surface area contributed by atoms with Crippen LogP contribution in [-0.4, -0.2) is 54.3 Å². The molecule has 0 amide bonds. The molecule has 0 N–H and O–H groups in total. The predicted molar refractivity (Wildman–Crippen MR) is 134 cm³/mol. The van der Waals surface area contributed by atoms with E-state index in [9.17, 15) is 4.39 Å². The SMILES string of the molecule is Fc1ccc(C2=NOC(CCCN3CCN(C(c4ccccc4)c4ccccc4)CC3)C2)cc1. The highest BCUT2D eigenvalue weighted by molar-refractivity contribution is 6.01. The Bertz CT molecular complexity index is 1020. The standard InChI is InChI=1S/C29H32FN3O/c30-26-15-13-23(14-16-26)28-22-27(34-31-28)12-7-17-32-18-20-33(21-19-32)29(24-8-3-1-4-9-24)25-10-5-2-6-11-25/h1-6,8-11,13-16,27,29H,7,12,17-22H2. The Morgan fingerprint density at radius 1 is 0.824 bits per heavy atom. The minimum Gasteiger partial charge on any atom is -0.392 e. The van der Waals surface area contributed by atoms with E-state index < -0.39 is 0 Å². The van der Waals surface area contributed by atoms with Crippen molar-refractivity contribution in [2.24, 2.45) is 5.16 Å². The quantitative estimate of drug-likeness (QED) is 0.447. The Morgan fingerprint density at radius 2 is 1.44 bits per heavy atom. The first-order chi connectivity index (χ1) is 16.8. The lowest BCUT2D eigenvalue weighted by molar-refractivity contribution is 0.0688. The van der Waals surface area contributed by atoms with Crippen molar-refractivity contribution >= 4 is 5.71 Å². The first-order valence-corrected chi connectivity index (χ1v) is 12.3. The van der Waals surface area contributed by atoms with Gasteiger partial charge in [-0.3, -0.25) is 4.90 Å². The first-order valence-electron chi connectivity index (χ1n) is 12.3. The monoisotopic (exact) mass is 457 g/mol. The summed E-state index contributed by atoms with van der Waals surface area (Å²) >= 11 is 0. The topological polar surface area (TPSA) is 28.1 Å². The highest BCUT2D eigenvalue weighted by Crippen LogP contribution is 2.29. The maximum absolute atomic E-state index is 13.2. The molecule has 0 saturated carbocycles. The summed E-state index contributed by atoms with van der Waals surface area (Å²) in [7, 11) is 0. The Hall–Kier alpha value is -3.02. The van der Waals surface area contributed by atoms with Crippen LogP contribution in [0.25, 0.3) is 0 Å². The first kappa shape index (κ1) is 22.8. The minimum absolute atomic E-state index is 0.127. The molecule has 2 aliphatic heterocycles. The summed E-state index contributed by atoms with van der Waals surface area (Å²) in [5.74, 6) is -0.223. The van der Waals surface area contributed by atoms with E-state index >= 15 is 0 Å². The molecule has 0 spiro atoms. The van der Waals surface area contributed by atoms with Gasteiger partial charge in [-0.1, -0.05) is 78.0 Å². The van der Waals surface area contributed by atoms with Gasteiger partial charge in [0.2, 0.25) is 0 Å². The zero-order valence-corrected chi connectivity index (χ0v) is 19.5. The molecule has 0 radical (unpaired) electrons. The Balaban J connectivity index is 1.09. The zero-order valence-electron chi connectivity index (χ0n) is 19.5. The zero-order chi connectivity index (χ0) is 23.2. The summed E-state index contributed by atoms with van der Waals surface area (Å²) in [6.07, 6.45) is 3.01. The molecule has 34 heavy (non-hydrogen) atoms. The van der Waals surface area contributed by atoms with Crippen molar-refractivity contribution in [3.8, 4) is 0 Å². The molecule has 176 valence electrons. The van der Waals surface area contributed by atoms with Crippen LogP contribution >= 0.6 is 0 Å². The van der Waals surface area contributed by atoms with Crippen LogP contribution in [0.4, 0.5) is 4.39 Å². The summed E-state index contributed by atoms with van der Waals surface area (Å²) < 4.78 is 13.2. The van der Waals surface area contributed by atoms with E-state index in [-0.39, 0.29) is 11.9 Å². The third-order valence-corrected chi connectivity index (χ3v) is 6.91. The molecule has 1 unspecified atom stereocenters. The van der Waals surface area contributed by atoms with Gasteiger partial charge in [0.1, 0.15) is 11.9 Å². The average Bonchev–Trinajstić information content (AvgIpc) is 3.36. The van der Waals surface area contributed by atoms with Gasteiger partial charge in [-0.25, -0.2) is 4.39 Å². The summed E-state index contributed by atoms with van der Waals surface area (Å²) in [6.45, 7) is 5.37. The average molecular weight is 458 g/mol. The van der Waals surface area contributed by atoms with Gasteiger partial charge in [0, 0.05) is 32.6 Å². The second-order valence-electron chi connectivity index (χ2n) is 9.22. The van der Waals surface area contributed by atoms with Crippen LogP contribution in [0.15, 0.2) is 90.1 Å². The van der Waals surface area contributed by atoms with E-state index in [0.717, 1.165) is 63.3 Å². The van der Waals surface area contributed by atoms with Crippen LogP contribution in [0, 0.1) is 5.82 Å². The second kappa shape index (κ2) is 10.9. The molecule has 0 aromatic heterocycles. The molecule has 1 saturated heterocycles. The van der Waals surface area contributed by atoms with E-state index in [1.54, 1.807) is 12.1 Å². The van der Waals surface area contributed by atoms with Crippen molar-refractivity contribution in [2.45, 2.75) is 31.4 Å². The normalized spacial score (nSPS) is 19.2. The number of piperazine rings is 1. The van der Waals surface area contributed by atoms with Gasteiger partial charge in [-0.05, 0) is 48.2 Å². The van der Waals surface area contributed by atoms with Crippen molar-refractivity contribution in [2.75, 3.05) is 32.7 Å². The molecular weight excluding hydrogens is 425 g/mol. The molecule has 1 fully saturated rings. The third kappa shape index (κ3) is 5.54. The lowest BCUT2D eigenvalue weighted by Crippen LogP contribution is -2.48. The van der Waals surface area contributed by atoms with Crippen molar-refractivity contribution in [1.82, 2.24) is 9.80 Å². The van der Waals surface area contributed by atoms with Gasteiger partial charge in [-0.2, -0.15) is 0 Å². The molecule has 1 atom stereocenters. The Morgan fingerprint density at radius 3 is 2.06 bits per heavy atom. The smallest absolute Gasteiger partial charge is 0.133 e. The summed E-state index contributed by atoms with van der Waals surface area (Å²) in [6, 6.07) is 28.5. The summed E-state index contributed by atoms with van der Waals surface area (Å²) in [5, 5.41) is 4.24. The van der Waals surface area contributed by atoms with Crippen LogP contribution in [0.5, 0.6) is 0 Å². The highest BCUT2D eigenvalue weighted by atomic mass is 19.1. The number of benzene rings is 3. The largest absolute Gasteiger partial charge is 0.392 e.